The lowest BCUT2D eigenvalue weighted by Crippen LogP contribution is -2.42. The normalized spacial score (nSPS) is 48.3. The van der Waals surface area contributed by atoms with Crippen molar-refractivity contribution in [3.63, 3.8) is 0 Å². The van der Waals surface area contributed by atoms with Gasteiger partial charge in [-0.25, -0.2) is 0 Å². The molecule has 0 radical (unpaired) electrons. The highest BCUT2D eigenvalue weighted by Crippen LogP contribution is 2.41. The zero-order chi connectivity index (χ0) is 57.0. The van der Waals surface area contributed by atoms with Gasteiger partial charge in [0.15, 0.2) is 0 Å². The SMILES string of the molecule is [2H]c1c([2H])c(C([2H])(CN(C)C([2H])([2H])[2H])C2(O)C([2H])([2H])C([2H])([2H])C([2H])([2H])C([2H])([2H])C2([2H])[2H])c([2H])c([2H])c1O.[2H]c1c([2H])c(C([2H])(CN(C)C)C2(O)C([2H])([2H])C([2H])([2H])C([2H])([2H])C([2H])([2H])C2([2H])[2H])c([2H])c([2H])c1O. The number of aromatic hydroxyl groups is 2. The van der Waals surface area contributed by atoms with Crippen molar-refractivity contribution in [1.82, 2.24) is 9.80 Å². The van der Waals surface area contributed by atoms with Crippen molar-refractivity contribution in [3.05, 3.63) is 59.5 Å². The number of rotatable bonds is 8. The summed E-state index contributed by atoms with van der Waals surface area (Å²) in [5.74, 6) is -9.54. The Kier molecular flexibility index (Phi) is 3.15. The van der Waals surface area contributed by atoms with Crippen LogP contribution >= 0.6 is 0 Å². The minimum absolute atomic E-state index is 0.261. The summed E-state index contributed by atoms with van der Waals surface area (Å²) in [4.78, 5) is 1.34. The molecule has 2 saturated carbocycles. The number of hydrogen-bond donors (Lipinski definition) is 4. The van der Waals surface area contributed by atoms with E-state index in [4.69, 9.17) is 45.2 Å². The van der Waals surface area contributed by atoms with Crippen LogP contribution < -0.4 is 0 Å². The van der Waals surface area contributed by atoms with Crippen LogP contribution in [0.5, 0.6) is 11.5 Å². The fourth-order valence-corrected chi connectivity index (χ4v) is 3.13. The first-order valence-electron chi connectivity index (χ1n) is 27.3. The Bertz CT molecular complexity index is 2320. The molecule has 38 heavy (non-hydrogen) atoms. The lowest BCUT2D eigenvalue weighted by molar-refractivity contribution is -0.0280. The highest BCUT2D eigenvalue weighted by Gasteiger charge is 2.39. The topological polar surface area (TPSA) is 87.4 Å². The van der Waals surface area contributed by atoms with Gasteiger partial charge in [0.25, 0.3) is 0 Å². The predicted octanol–water partition coefficient (Wildman–Crippen LogP) is 5.47. The molecule has 0 aromatic heterocycles. The Morgan fingerprint density at radius 2 is 1.05 bits per heavy atom. The second kappa shape index (κ2) is 13.8. The third kappa shape index (κ3) is 8.44. The van der Waals surface area contributed by atoms with Crippen LogP contribution in [0.25, 0.3) is 0 Å². The highest BCUT2D eigenvalue weighted by molar-refractivity contribution is 5.31. The van der Waals surface area contributed by atoms with Crippen molar-refractivity contribution in [3.8, 4) is 11.5 Å². The smallest absolute Gasteiger partial charge is 0.115 e. The quantitative estimate of drug-likeness (QED) is 0.343. The van der Waals surface area contributed by atoms with E-state index < -0.39 is 178 Å². The fourth-order valence-electron chi connectivity index (χ4n) is 3.13. The molecule has 2 aromatic rings. The molecular weight excluding hydrogens is 476 g/mol. The van der Waals surface area contributed by atoms with Crippen molar-refractivity contribution < 1.29 is 65.7 Å². The minimum atomic E-state index is -4.42. The molecule has 4 rings (SSSR count). The molecule has 6 heteroatoms. The molecule has 0 bridgehead atoms. The zero-order valence-electron chi connectivity index (χ0n) is 53.6. The zero-order valence-corrected chi connectivity index (χ0v) is 20.6. The Hall–Kier alpha value is -2.12. The van der Waals surface area contributed by atoms with E-state index >= 15 is 0 Å². The van der Waals surface area contributed by atoms with Crippen LogP contribution in [0.3, 0.4) is 0 Å². The Balaban J connectivity index is 0.000000377. The molecule has 2 aromatic carbocycles. The van der Waals surface area contributed by atoms with Crippen LogP contribution in [-0.2, 0) is 0 Å². The maximum absolute atomic E-state index is 11.9. The number of nitrogens with zero attached hydrogens (tertiary/aromatic N) is 2. The lowest BCUT2D eigenvalue weighted by Gasteiger charge is -2.40. The summed E-state index contributed by atoms with van der Waals surface area (Å²) in [6.07, 6.45) is -40.7. The molecular formula is C32H50N2O4. The van der Waals surface area contributed by atoms with E-state index in [1.54, 1.807) is 0 Å². The van der Waals surface area contributed by atoms with E-state index in [2.05, 4.69) is 0 Å². The molecule has 2 fully saturated rings. The van der Waals surface area contributed by atoms with E-state index in [1.807, 2.05) is 0 Å². The van der Waals surface area contributed by atoms with E-state index in [1.165, 1.54) is 14.1 Å². The van der Waals surface area contributed by atoms with Crippen LogP contribution in [0.4, 0.5) is 0 Å². The van der Waals surface area contributed by atoms with Crippen LogP contribution in [0.2, 0.25) is 0 Å². The predicted molar refractivity (Wildman–Crippen MR) is 155 cm³/mol. The van der Waals surface area contributed by atoms with E-state index in [0.717, 1.165) is 11.9 Å². The van der Waals surface area contributed by atoms with Gasteiger partial charge < -0.3 is 30.2 Å². The van der Waals surface area contributed by atoms with Gasteiger partial charge in [-0.1, -0.05) is 62.4 Å². The number of hydrogen-bond acceptors (Lipinski definition) is 6. The van der Waals surface area contributed by atoms with Gasteiger partial charge in [-0.05, 0) is 88.9 Å². The largest absolute Gasteiger partial charge is 0.508 e. The van der Waals surface area contributed by atoms with Crippen molar-refractivity contribution in [2.75, 3.05) is 41.2 Å². The molecule has 0 aliphatic heterocycles. The summed E-state index contributed by atoms with van der Waals surface area (Å²) in [5.41, 5.74) is -11.1. The van der Waals surface area contributed by atoms with Crippen LogP contribution in [0, 0.1) is 0 Å². The molecule has 2 aliphatic rings. The number of phenolic OH excluding ortho intramolecular Hbond substituents is 2. The summed E-state index contributed by atoms with van der Waals surface area (Å²) >= 11 is 0. The maximum atomic E-state index is 11.9. The van der Waals surface area contributed by atoms with Crippen LogP contribution in [0.15, 0.2) is 48.3 Å². The molecule has 2 atom stereocenters. The molecule has 4 N–H and O–H groups in total. The third-order valence-electron chi connectivity index (χ3n) is 4.79. The standard InChI is InChI=1S/2C16H25NO2/c2*1-17(2)12-15(13-6-8-14(18)9-7-13)16(19)10-4-3-5-11-16/h2*6-9,15,18-19H,3-5,10-12H2,1-2H3/i1D3,3D2,4D2,5D2,6D,7D,8D,9D,10D2,11D2,15D;3D2,4D2,5D2,6D,7D,8D,9D,10D2,11D2,15D. The summed E-state index contributed by atoms with van der Waals surface area (Å²) < 4.78 is 269. The van der Waals surface area contributed by atoms with E-state index in [0.29, 0.717) is 0 Å². The summed E-state index contributed by atoms with van der Waals surface area (Å²) in [5, 5.41) is 43.5. The first-order chi connectivity index (χ1) is 30.9. The third-order valence-corrected chi connectivity index (χ3v) is 4.79. The van der Waals surface area contributed by atoms with Gasteiger partial charge in [0.1, 0.15) is 11.5 Å². The minimum Gasteiger partial charge on any atom is -0.508 e. The number of benzene rings is 2. The van der Waals surface area contributed by atoms with Gasteiger partial charge in [-0.3, -0.25) is 0 Å². The molecule has 0 saturated heterocycles. The average Bonchev–Trinajstić information content (AvgIpc) is 3.20. The van der Waals surface area contributed by atoms with Gasteiger partial charge in [0.05, 0.1) is 22.2 Å². The first kappa shape index (κ1) is 8.69. The number of aliphatic hydroxyl groups is 2. The summed E-state index contributed by atoms with van der Waals surface area (Å²) in [6, 6.07) is -9.71. The Labute approximate surface area is 276 Å². The molecule has 0 amide bonds. The molecule has 6 nitrogen and oxygen atoms in total. The van der Waals surface area contributed by atoms with Crippen LogP contribution in [0.1, 0.15) is 132 Å². The number of phenols is 2. The highest BCUT2D eigenvalue weighted by atomic mass is 16.3. The Morgan fingerprint density at radius 3 is 1.37 bits per heavy atom. The van der Waals surface area contributed by atoms with Gasteiger partial charge >= 0.3 is 0 Å². The first-order valence-corrected chi connectivity index (χ1v) is 10.8. The molecule has 212 valence electrons. The van der Waals surface area contributed by atoms with Crippen molar-refractivity contribution in [1.29, 1.82) is 0 Å². The Morgan fingerprint density at radius 1 is 0.711 bits per heavy atom. The number of likely N-dealkylation sites (N-methyl/N-ethyl adjacent to an activating group) is 2. The van der Waals surface area contributed by atoms with Gasteiger partial charge in [-0.15, -0.1) is 0 Å². The van der Waals surface area contributed by atoms with Crippen molar-refractivity contribution >= 4 is 0 Å². The van der Waals surface area contributed by atoms with Crippen LogP contribution in [-0.4, -0.2) is 82.6 Å². The molecule has 0 spiro atoms. The maximum Gasteiger partial charge on any atom is 0.115 e. The van der Waals surface area contributed by atoms with Crippen molar-refractivity contribution in [2.45, 2.75) is 86.7 Å². The van der Waals surface area contributed by atoms with Gasteiger partial charge in [-0.2, -0.15) is 0 Å². The van der Waals surface area contributed by atoms with E-state index in [-0.39, 0.29) is 4.90 Å². The van der Waals surface area contributed by atoms with Crippen molar-refractivity contribution in [2.24, 2.45) is 0 Å². The second-order valence-corrected chi connectivity index (χ2v) is 8.17. The molecule has 2 aliphatic carbocycles. The summed E-state index contributed by atoms with van der Waals surface area (Å²) in [7, 11) is 3.31. The van der Waals surface area contributed by atoms with Gasteiger partial charge in [0, 0.05) is 59.1 Å². The fraction of sp³-hybridized carbons (Fsp3) is 0.625. The monoisotopic (exact) mass is 560 g/mol. The summed E-state index contributed by atoms with van der Waals surface area (Å²) in [6.45, 7) is -5.69. The average molecular weight is 560 g/mol. The van der Waals surface area contributed by atoms with E-state index in [9.17, 15) is 20.4 Å². The second-order valence-electron chi connectivity index (χ2n) is 8.17. The molecule has 2 unspecified atom stereocenters. The van der Waals surface area contributed by atoms with Gasteiger partial charge in [0.2, 0.25) is 0 Å². The lowest BCUT2D eigenvalue weighted by atomic mass is 9.72. The molecule has 0 heterocycles.